The molecule has 0 bridgehead atoms. The summed E-state index contributed by atoms with van der Waals surface area (Å²) in [5.41, 5.74) is 9.25. The molecular weight excluding hydrogens is 1560 g/mol. The number of aromatic hydroxyl groups is 1. The van der Waals surface area contributed by atoms with Crippen LogP contribution in [0.25, 0.3) is 21.8 Å². The molecule has 0 aliphatic heterocycles. The van der Waals surface area contributed by atoms with Gasteiger partial charge < -0.3 is 59.2 Å². The maximum atomic E-state index is 12.4. The van der Waals surface area contributed by atoms with Gasteiger partial charge in [-0.15, -0.1) is 0 Å². The topological polar surface area (TPSA) is 497 Å². The summed E-state index contributed by atoms with van der Waals surface area (Å²) in [6, 6.07) is 67.9. The van der Waals surface area contributed by atoms with Gasteiger partial charge in [-0.05, 0) is 141 Å². The second-order valence-corrected chi connectivity index (χ2v) is 24.4. The fourth-order valence-electron chi connectivity index (χ4n) is 9.76. The number of carbonyl (C=O) groups excluding carboxylic acids is 8. The number of halogens is 2. The Labute approximate surface area is 717 Å². The molecule has 0 saturated heterocycles. The Kier molecular flexibility index (Phi) is 51.3. The second-order valence-electron chi connectivity index (χ2n) is 23.6. The van der Waals surface area contributed by atoms with Crippen LogP contribution in [0, 0.1) is 0 Å². The van der Waals surface area contributed by atoms with E-state index in [2.05, 4.69) is 95.5 Å². The first-order valence-electron chi connectivity index (χ1n) is 34.7. The van der Waals surface area contributed by atoms with Crippen LogP contribution in [-0.4, -0.2) is 145 Å². The molecule has 7 aromatic carbocycles. The van der Waals surface area contributed by atoms with Crippen LogP contribution in [-0.2, 0) is 99.1 Å². The van der Waals surface area contributed by atoms with Gasteiger partial charge >= 0.3 is 84.2 Å². The molecule has 0 amide bonds. The van der Waals surface area contributed by atoms with Crippen molar-refractivity contribution in [3.8, 4) is 11.5 Å². The fraction of sp³-hybridized carbons (Fsp3) is 0.205. The number of hydrogen-bond acceptors (Lipinski definition) is 24. The first kappa shape index (κ1) is 103. The van der Waals surface area contributed by atoms with E-state index in [4.69, 9.17) is 43.3 Å². The van der Waals surface area contributed by atoms with E-state index in [9.17, 15) is 52.7 Å². The number of carbonyl (C=O) groups is 9. The predicted octanol–water partition coefficient (Wildman–Crippen LogP) is 4.16. The quantitative estimate of drug-likeness (QED) is 0.00874. The number of Topliss-reactive ketones (excluding diaryl/α,β-unsaturated/α-hetero) is 3. The van der Waals surface area contributed by atoms with Crippen LogP contribution in [0.3, 0.4) is 0 Å². The van der Waals surface area contributed by atoms with Crippen LogP contribution in [0.2, 0.25) is 10.0 Å². The van der Waals surface area contributed by atoms with Crippen molar-refractivity contribution in [1.82, 2.24) is 40.6 Å². The van der Waals surface area contributed by atoms with Crippen molar-refractivity contribution in [3.63, 3.8) is 0 Å². The van der Waals surface area contributed by atoms with Crippen molar-refractivity contribution in [2.45, 2.75) is 77.6 Å². The molecule has 606 valence electrons. The van der Waals surface area contributed by atoms with Crippen molar-refractivity contribution < 1.29 is 136 Å². The minimum absolute atomic E-state index is 0. The Hall–Kier alpha value is -11.8. The van der Waals surface area contributed by atoms with Gasteiger partial charge in [0.05, 0.1) is 55.9 Å². The molecule has 0 saturated carbocycles. The number of ketones is 3. The van der Waals surface area contributed by atoms with Crippen LogP contribution in [0.15, 0.2) is 228 Å². The number of hydrogen-bond donors (Lipinski definition) is 9. The first-order valence-corrected chi connectivity index (χ1v) is 35.4. The normalized spacial score (nSPS) is 9.60. The number of benzene rings is 7. The zero-order valence-electron chi connectivity index (χ0n) is 65.6. The number of esters is 5. The van der Waals surface area contributed by atoms with Gasteiger partial charge in [0.1, 0.15) is 11.6 Å². The number of carboxylic acids is 1. The largest absolute Gasteiger partial charge is 1.00 e. The van der Waals surface area contributed by atoms with Gasteiger partial charge in [-0.1, -0.05) is 187 Å². The van der Waals surface area contributed by atoms with Gasteiger partial charge in [0.15, 0.2) is 28.6 Å². The van der Waals surface area contributed by atoms with E-state index in [1.807, 2.05) is 127 Å². The summed E-state index contributed by atoms with van der Waals surface area (Å²) in [5, 5.41) is 48.3. The van der Waals surface area contributed by atoms with Gasteiger partial charge in [0.2, 0.25) is 5.78 Å². The first-order chi connectivity index (χ1) is 55.0. The average molecular weight is 1650 g/mol. The molecular formula is C83H88Cl2LiN10NaO20. The van der Waals surface area contributed by atoms with Gasteiger partial charge in [-0.3, -0.25) is 46.2 Å². The Balaban J connectivity index is 0.000000694. The molecule has 0 unspecified atom stereocenters. The molecule has 30 nitrogen and oxygen atoms in total. The Morgan fingerprint density at radius 1 is 0.436 bits per heavy atom. The monoisotopic (exact) mass is 1640 g/mol. The molecule has 117 heavy (non-hydrogen) atoms. The Bertz CT molecular complexity index is 5120. The minimum Gasteiger partial charge on any atom is -0.870 e. The van der Waals surface area contributed by atoms with Crippen LogP contribution in [0.4, 0.5) is 0 Å². The molecule has 5 heterocycles. The Morgan fingerprint density at radius 3 is 1.14 bits per heavy atom. The summed E-state index contributed by atoms with van der Waals surface area (Å²) >= 11 is 12.0. The number of fused-ring (bicyclic) bond motifs is 2. The van der Waals surface area contributed by atoms with Gasteiger partial charge in [-0.25, -0.2) is 28.8 Å². The molecule has 5 aromatic heterocycles. The molecule has 12 N–H and O–H groups in total. The number of nitrogens with one attached hydrogen (secondary N) is 5. The van der Waals surface area contributed by atoms with E-state index in [0.29, 0.717) is 56.8 Å². The van der Waals surface area contributed by atoms with Crippen molar-refractivity contribution in [2.75, 3.05) is 35.5 Å². The third-order valence-electron chi connectivity index (χ3n) is 15.6. The number of H-pyrrole nitrogens is 5. The van der Waals surface area contributed by atoms with E-state index in [0.717, 1.165) is 89.6 Å². The number of nitrogens with two attached hydrogens (primary N) is 2. The van der Waals surface area contributed by atoms with Crippen LogP contribution in [0.1, 0.15) is 103 Å². The summed E-state index contributed by atoms with van der Waals surface area (Å²) in [4.78, 5) is 127. The number of hydrazine groups is 1. The number of carboxylic acid groups (broad SMARTS) is 1. The number of aromatic nitrogens is 8. The summed E-state index contributed by atoms with van der Waals surface area (Å²) < 4.78 is 22.1. The van der Waals surface area contributed by atoms with E-state index in [1.54, 1.807) is 61.5 Å². The number of ether oxygens (including phenoxy) is 5. The van der Waals surface area contributed by atoms with E-state index < -0.39 is 52.7 Å². The zero-order chi connectivity index (χ0) is 83.7. The molecule has 12 rings (SSSR count). The van der Waals surface area contributed by atoms with Crippen molar-refractivity contribution in [1.29, 1.82) is 0 Å². The maximum Gasteiger partial charge on any atom is 1.00 e. The number of pyridine rings is 2. The van der Waals surface area contributed by atoms with E-state index in [1.165, 1.54) is 41.5 Å². The fourth-order valence-corrected chi connectivity index (χ4v) is 10.2. The minimum atomic E-state index is -0.998. The average Bonchev–Trinajstić information content (AvgIpc) is 1.80. The predicted molar refractivity (Wildman–Crippen MR) is 429 cm³/mol. The third-order valence-corrected chi connectivity index (χ3v) is 16.2. The van der Waals surface area contributed by atoms with E-state index in [-0.39, 0.29) is 101 Å². The molecule has 0 aliphatic carbocycles. The van der Waals surface area contributed by atoms with Gasteiger partial charge in [0.25, 0.3) is 11.1 Å². The number of rotatable bonds is 22. The maximum absolute atomic E-state index is 12.4. The van der Waals surface area contributed by atoms with Crippen LogP contribution >= 0.6 is 23.2 Å². The standard InChI is InChI=1S/C21H16ClN3O3.C13H14N2O2.C13H14O4.C12H12N2O2.C10H12O.C9H6ClNO2.C4H6O4.CH3O.Li.H4N2.Na.H2O/c22-16-7-4-8-17-15(16)12-19(20(26)23-17)28-21(27)18-11-14(24-25-18)10-9-13-5-2-1-3-6-13;1-17-13(16)12-9-11(14-15-12)8-7-10-5-3-2-4-6-10;1-17-13(16)12(15)9-11(14)8-7-10-5-3-2-4-6-10;15-12(16)11-8-10(13-14-11)7-6-9-4-2-1-3-5-9;1-9(11)7-8-10-5-3-2-4-6-10;10-6-2-1-3-7-5(6)4-8(12)9(13)11-7;1-7-3(5)4(6)8-2;1-2;;1-2;;/h1-8,11-12H,9-10H2,(H,23,26)(H,24,25);2-6,9H,7-8H2,1H3,(H,14,15);2-6H,7-9H2,1H3;1-5,8H,6-7H2,(H,13,14)(H,15,16);2-6H,7-8H2,1H3;1-4,12H,(H,11,13);1-2H3;1H3;;1-2H2;;1H2/q;;;;;;;-1;+1;;+1;/p-1. The van der Waals surface area contributed by atoms with Crippen molar-refractivity contribution in [2.24, 2.45) is 11.7 Å². The van der Waals surface area contributed by atoms with E-state index >= 15 is 0 Å². The molecule has 0 aliphatic rings. The number of methoxy groups -OCH3 is 4. The molecule has 34 heteroatoms. The molecule has 0 radical (unpaired) electrons. The number of aryl methyl sites for hydroxylation is 8. The SMILES string of the molecule is CC(=O)CCc1ccccc1.COC(=O)C(=O)CC(=O)CCc1ccccc1.COC(=O)C(=O)OC.COC(=O)c1cc(CCc2ccccc2)[nH]n1.C[O-].NN.O=C(O)c1cc(CCc2ccccc2)[nH]n1.O=C(Oc1cc2c(Cl)cccc2[nH]c1=O)c1cc(CCc2ccccc2)[nH]n1.O=c1[nH]c2cccc(Cl)c2cc1O.[Li+].[Na+].[OH-]. The molecule has 12 aromatic rings. The number of aromatic carboxylic acids is 1. The van der Waals surface area contributed by atoms with Gasteiger partial charge in [0, 0.05) is 40.7 Å². The van der Waals surface area contributed by atoms with Crippen LogP contribution in [0.5, 0.6) is 11.5 Å². The summed E-state index contributed by atoms with van der Waals surface area (Å²) in [6.45, 7) is 1.63. The van der Waals surface area contributed by atoms with Crippen molar-refractivity contribution >= 4 is 98.2 Å². The van der Waals surface area contributed by atoms with Crippen molar-refractivity contribution in [3.05, 3.63) is 311 Å². The third kappa shape index (κ3) is 38.5. The summed E-state index contributed by atoms with van der Waals surface area (Å²) in [6.07, 6.45) is 6.90. The molecule has 0 atom stereocenters. The Morgan fingerprint density at radius 2 is 0.778 bits per heavy atom. The molecule has 0 spiro atoms. The number of aromatic amines is 5. The zero-order valence-corrected chi connectivity index (χ0v) is 69.1. The summed E-state index contributed by atoms with van der Waals surface area (Å²) in [5.74, 6) is 1.75. The van der Waals surface area contributed by atoms with Crippen LogP contribution < -0.4 is 81.1 Å². The second kappa shape index (κ2) is 58.1. The van der Waals surface area contributed by atoms with Gasteiger partial charge in [-0.2, -0.15) is 22.4 Å². The molecule has 0 fully saturated rings. The summed E-state index contributed by atoms with van der Waals surface area (Å²) in [7, 11) is 5.44. The number of nitrogens with zero attached hydrogens (tertiary/aromatic N) is 3. The smallest absolute Gasteiger partial charge is 0.870 e.